The molecular weight excluding hydrogens is 402 g/mol. The van der Waals surface area contributed by atoms with Gasteiger partial charge in [-0.05, 0) is 63.3 Å². The number of benzene rings is 1. The lowest BCUT2D eigenvalue weighted by atomic mass is 9.94. The lowest BCUT2D eigenvalue weighted by molar-refractivity contribution is 0.0520. The van der Waals surface area contributed by atoms with Crippen LogP contribution in [0.1, 0.15) is 49.2 Å². The summed E-state index contributed by atoms with van der Waals surface area (Å²) in [6.07, 6.45) is 3.18. The Balaban J connectivity index is 1.39. The molecule has 1 aromatic carbocycles. The number of rotatable bonds is 9. The van der Waals surface area contributed by atoms with Crippen LogP contribution in [0.5, 0.6) is 5.75 Å². The SMILES string of the molecule is CCOC(=N)c1ccc(OCCC2CCN(c3nc(C(=O)OCC)cs3)CC2)cc1. The summed E-state index contributed by atoms with van der Waals surface area (Å²) in [6.45, 7) is 7.07. The number of piperidine rings is 1. The fraction of sp³-hybridized carbons (Fsp3) is 0.500. The van der Waals surface area contributed by atoms with Crippen LogP contribution >= 0.6 is 11.3 Å². The highest BCUT2D eigenvalue weighted by Crippen LogP contribution is 2.28. The van der Waals surface area contributed by atoms with Crippen molar-refractivity contribution in [3.05, 3.63) is 40.9 Å². The molecule has 0 radical (unpaired) electrons. The standard InChI is InChI=1S/C22H29N3O4S/c1-3-27-20(23)17-5-7-18(8-6-17)29-14-11-16-9-12-25(13-10-16)22-24-19(15-30-22)21(26)28-4-2/h5-8,15-16,23H,3-4,9-14H2,1-2H3. The highest BCUT2D eigenvalue weighted by Gasteiger charge is 2.22. The zero-order chi connectivity index (χ0) is 21.3. The zero-order valence-electron chi connectivity index (χ0n) is 17.6. The molecule has 162 valence electrons. The highest BCUT2D eigenvalue weighted by atomic mass is 32.1. The van der Waals surface area contributed by atoms with E-state index in [4.69, 9.17) is 19.6 Å². The normalized spacial score (nSPS) is 14.4. The van der Waals surface area contributed by atoms with Crippen molar-refractivity contribution in [2.45, 2.75) is 33.1 Å². The maximum absolute atomic E-state index is 11.8. The van der Waals surface area contributed by atoms with Crippen LogP contribution in [0.4, 0.5) is 5.13 Å². The first kappa shape index (κ1) is 22.1. The zero-order valence-corrected chi connectivity index (χ0v) is 18.4. The van der Waals surface area contributed by atoms with Gasteiger partial charge in [-0.2, -0.15) is 0 Å². The van der Waals surface area contributed by atoms with Crippen LogP contribution in [-0.2, 0) is 9.47 Å². The van der Waals surface area contributed by atoms with Crippen LogP contribution in [0.25, 0.3) is 0 Å². The molecular formula is C22H29N3O4S. The molecule has 2 heterocycles. The first-order valence-corrected chi connectivity index (χ1v) is 11.3. The summed E-state index contributed by atoms with van der Waals surface area (Å²) in [4.78, 5) is 18.5. The van der Waals surface area contributed by atoms with Crippen LogP contribution < -0.4 is 9.64 Å². The summed E-state index contributed by atoms with van der Waals surface area (Å²) in [5.41, 5.74) is 1.15. The third kappa shape index (κ3) is 5.95. The Bertz CT molecular complexity index is 829. The Kier molecular flexibility index (Phi) is 8.07. The summed E-state index contributed by atoms with van der Waals surface area (Å²) in [5, 5.41) is 10.5. The quantitative estimate of drug-likeness (QED) is 0.361. The van der Waals surface area contributed by atoms with Gasteiger partial charge in [-0.1, -0.05) is 0 Å². The van der Waals surface area contributed by atoms with Crippen LogP contribution in [0, 0.1) is 11.3 Å². The second-order valence-corrected chi connectivity index (χ2v) is 7.93. The summed E-state index contributed by atoms with van der Waals surface area (Å²) in [6, 6.07) is 7.47. The maximum Gasteiger partial charge on any atom is 0.357 e. The lowest BCUT2D eigenvalue weighted by Gasteiger charge is -2.31. The minimum absolute atomic E-state index is 0.186. The predicted octanol–water partition coefficient (Wildman–Crippen LogP) is 4.37. The van der Waals surface area contributed by atoms with Crippen molar-refractivity contribution in [3.8, 4) is 5.75 Å². The second kappa shape index (κ2) is 11.0. The van der Waals surface area contributed by atoms with E-state index >= 15 is 0 Å². The van der Waals surface area contributed by atoms with Crippen LogP contribution in [-0.4, -0.2) is 49.8 Å². The fourth-order valence-electron chi connectivity index (χ4n) is 3.39. The van der Waals surface area contributed by atoms with Gasteiger partial charge in [0.1, 0.15) is 5.75 Å². The fourth-order valence-corrected chi connectivity index (χ4v) is 4.24. The first-order chi connectivity index (χ1) is 14.6. The third-order valence-corrected chi connectivity index (χ3v) is 5.96. The number of aromatic nitrogens is 1. The van der Waals surface area contributed by atoms with E-state index in [1.807, 2.05) is 31.2 Å². The van der Waals surface area contributed by atoms with Gasteiger partial charge in [0.25, 0.3) is 0 Å². The van der Waals surface area contributed by atoms with Crippen molar-refractivity contribution < 1.29 is 19.0 Å². The number of thiazole rings is 1. The van der Waals surface area contributed by atoms with E-state index in [2.05, 4.69) is 9.88 Å². The lowest BCUT2D eigenvalue weighted by Crippen LogP contribution is -2.34. The number of nitrogens with one attached hydrogen (secondary N) is 1. The van der Waals surface area contributed by atoms with Gasteiger partial charge in [-0.3, -0.25) is 5.41 Å². The number of hydrogen-bond donors (Lipinski definition) is 1. The average molecular weight is 432 g/mol. The molecule has 0 atom stereocenters. The minimum atomic E-state index is -0.352. The molecule has 30 heavy (non-hydrogen) atoms. The van der Waals surface area contributed by atoms with E-state index in [9.17, 15) is 4.79 Å². The molecule has 0 spiro atoms. The summed E-state index contributed by atoms with van der Waals surface area (Å²) in [5.74, 6) is 1.27. The van der Waals surface area contributed by atoms with Crippen molar-refractivity contribution in [1.82, 2.24) is 4.98 Å². The smallest absolute Gasteiger partial charge is 0.357 e. The molecule has 0 aliphatic carbocycles. The van der Waals surface area contributed by atoms with E-state index in [-0.39, 0.29) is 11.9 Å². The molecule has 1 aliphatic rings. The summed E-state index contributed by atoms with van der Waals surface area (Å²) < 4.78 is 16.1. The molecule has 1 saturated heterocycles. The number of carbonyl (C=O) groups excluding carboxylic acids is 1. The van der Waals surface area contributed by atoms with Gasteiger partial charge >= 0.3 is 5.97 Å². The van der Waals surface area contributed by atoms with Crippen molar-refractivity contribution in [1.29, 1.82) is 5.41 Å². The van der Waals surface area contributed by atoms with Gasteiger partial charge in [0, 0.05) is 24.0 Å². The Morgan fingerprint density at radius 3 is 2.53 bits per heavy atom. The number of nitrogens with zero attached hydrogens (tertiary/aromatic N) is 2. The number of carbonyl (C=O) groups is 1. The number of anilines is 1. The van der Waals surface area contributed by atoms with Crippen LogP contribution in [0.15, 0.2) is 29.6 Å². The van der Waals surface area contributed by atoms with Crippen molar-refractivity contribution >= 4 is 28.3 Å². The van der Waals surface area contributed by atoms with E-state index < -0.39 is 0 Å². The van der Waals surface area contributed by atoms with Gasteiger partial charge in [0.05, 0.1) is 19.8 Å². The molecule has 0 bridgehead atoms. The van der Waals surface area contributed by atoms with E-state index in [1.54, 1.807) is 12.3 Å². The molecule has 1 aromatic heterocycles. The highest BCUT2D eigenvalue weighted by molar-refractivity contribution is 7.13. The predicted molar refractivity (Wildman–Crippen MR) is 118 cm³/mol. The van der Waals surface area contributed by atoms with Gasteiger partial charge in [-0.15, -0.1) is 11.3 Å². The first-order valence-electron chi connectivity index (χ1n) is 10.4. The number of hydrogen-bond acceptors (Lipinski definition) is 8. The van der Waals surface area contributed by atoms with E-state index in [0.29, 0.717) is 31.4 Å². The molecule has 1 fully saturated rings. The topological polar surface area (TPSA) is 84.7 Å². The van der Waals surface area contributed by atoms with Crippen LogP contribution in [0.3, 0.4) is 0 Å². The minimum Gasteiger partial charge on any atom is -0.494 e. The van der Waals surface area contributed by atoms with Gasteiger partial charge in [0.15, 0.2) is 10.8 Å². The third-order valence-electron chi connectivity index (χ3n) is 5.06. The monoisotopic (exact) mass is 431 g/mol. The van der Waals surface area contributed by atoms with Gasteiger partial charge < -0.3 is 19.1 Å². The Morgan fingerprint density at radius 2 is 1.87 bits per heavy atom. The van der Waals surface area contributed by atoms with Gasteiger partial charge in [0.2, 0.25) is 5.90 Å². The molecule has 3 rings (SSSR count). The van der Waals surface area contributed by atoms with Crippen molar-refractivity contribution in [3.63, 3.8) is 0 Å². The molecule has 8 heteroatoms. The van der Waals surface area contributed by atoms with E-state index in [1.165, 1.54) is 11.3 Å². The summed E-state index contributed by atoms with van der Waals surface area (Å²) >= 11 is 1.50. The van der Waals surface area contributed by atoms with Crippen molar-refractivity contribution in [2.24, 2.45) is 5.92 Å². The molecule has 0 saturated carbocycles. The molecule has 0 amide bonds. The second-order valence-electron chi connectivity index (χ2n) is 7.09. The van der Waals surface area contributed by atoms with Crippen LogP contribution in [0.2, 0.25) is 0 Å². The average Bonchev–Trinajstić information content (AvgIpc) is 3.26. The van der Waals surface area contributed by atoms with E-state index in [0.717, 1.165) is 48.8 Å². The molecule has 1 N–H and O–H groups in total. The largest absolute Gasteiger partial charge is 0.494 e. The Hall–Kier alpha value is -2.61. The molecule has 0 unspecified atom stereocenters. The number of ether oxygens (including phenoxy) is 3. The van der Waals surface area contributed by atoms with Crippen molar-refractivity contribution in [2.75, 3.05) is 37.8 Å². The maximum atomic E-state index is 11.8. The molecule has 1 aliphatic heterocycles. The molecule has 2 aromatic rings. The number of esters is 1. The van der Waals surface area contributed by atoms with Gasteiger partial charge in [-0.25, -0.2) is 9.78 Å². The molecule has 7 nitrogen and oxygen atoms in total. The Morgan fingerprint density at radius 1 is 1.17 bits per heavy atom. The summed E-state index contributed by atoms with van der Waals surface area (Å²) in [7, 11) is 0. The Labute approximate surface area is 181 Å².